The van der Waals surface area contributed by atoms with Gasteiger partial charge in [-0.05, 0) is 50.2 Å². The number of aliphatic hydroxyl groups is 1. The summed E-state index contributed by atoms with van der Waals surface area (Å²) in [7, 11) is 1.81. The van der Waals surface area contributed by atoms with Crippen LogP contribution in [0.2, 0.25) is 0 Å². The summed E-state index contributed by atoms with van der Waals surface area (Å²) in [6.45, 7) is 5.67. The second-order valence-electron chi connectivity index (χ2n) is 7.36. The molecule has 26 heavy (non-hydrogen) atoms. The van der Waals surface area contributed by atoms with Crippen LogP contribution in [-0.4, -0.2) is 69.0 Å². The summed E-state index contributed by atoms with van der Waals surface area (Å²) in [6.07, 6.45) is 4.34. The molecule has 0 bridgehead atoms. The van der Waals surface area contributed by atoms with Crippen LogP contribution in [0.15, 0.2) is 22.5 Å². The number of ether oxygens (including phenoxy) is 1. The van der Waals surface area contributed by atoms with Crippen LogP contribution in [-0.2, 0) is 4.74 Å². The average Bonchev–Trinajstić information content (AvgIpc) is 3.41. The Morgan fingerprint density at radius 3 is 2.88 bits per heavy atom. The Bertz CT molecular complexity index is 552. The maximum absolute atomic E-state index is 9.38. The average molecular weight is 381 g/mol. The van der Waals surface area contributed by atoms with Gasteiger partial charge in [-0.25, -0.2) is 0 Å². The molecule has 2 atom stereocenters. The Morgan fingerprint density at radius 2 is 2.27 bits per heavy atom. The van der Waals surface area contributed by atoms with Gasteiger partial charge in [0.2, 0.25) is 0 Å². The summed E-state index contributed by atoms with van der Waals surface area (Å²) < 4.78 is 5.58. The van der Waals surface area contributed by atoms with Crippen molar-refractivity contribution in [2.75, 3.05) is 53.0 Å². The van der Waals surface area contributed by atoms with E-state index in [1.165, 1.54) is 30.8 Å². The number of nitrogens with one attached hydrogen (secondary N) is 2. The van der Waals surface area contributed by atoms with Gasteiger partial charge in [0, 0.05) is 43.6 Å². The molecule has 3 heterocycles. The number of guanidine groups is 1. The highest BCUT2D eigenvalue weighted by molar-refractivity contribution is 7.10. The molecule has 0 radical (unpaired) electrons. The summed E-state index contributed by atoms with van der Waals surface area (Å²) in [6, 6.07) is 4.77. The van der Waals surface area contributed by atoms with Crippen molar-refractivity contribution in [1.29, 1.82) is 0 Å². The molecular weight excluding hydrogens is 348 g/mol. The zero-order chi connectivity index (χ0) is 18.2. The molecule has 7 heteroatoms. The highest BCUT2D eigenvalue weighted by Crippen LogP contribution is 2.31. The Kier molecular flexibility index (Phi) is 7.31. The van der Waals surface area contributed by atoms with Gasteiger partial charge >= 0.3 is 0 Å². The minimum atomic E-state index is 0.0223. The van der Waals surface area contributed by atoms with E-state index in [2.05, 4.69) is 38.0 Å². The Morgan fingerprint density at radius 1 is 1.42 bits per heavy atom. The van der Waals surface area contributed by atoms with Crippen LogP contribution in [0.4, 0.5) is 0 Å². The van der Waals surface area contributed by atoms with Crippen molar-refractivity contribution in [3.05, 3.63) is 22.4 Å². The maximum Gasteiger partial charge on any atom is 0.191 e. The zero-order valence-corrected chi connectivity index (χ0v) is 16.6. The molecule has 0 aromatic carbocycles. The number of nitrogens with zero attached hydrogens (tertiary/aromatic N) is 2. The van der Waals surface area contributed by atoms with E-state index in [-0.39, 0.29) is 12.0 Å². The smallest absolute Gasteiger partial charge is 0.191 e. The molecular formula is C19H32N4O2S. The van der Waals surface area contributed by atoms with Gasteiger partial charge in [0.1, 0.15) is 0 Å². The molecule has 0 aliphatic carbocycles. The number of aliphatic hydroxyl groups excluding tert-OH is 1. The molecule has 146 valence electrons. The van der Waals surface area contributed by atoms with Crippen LogP contribution in [0.1, 0.15) is 36.6 Å². The summed E-state index contributed by atoms with van der Waals surface area (Å²) in [5.41, 5.74) is 0.0223. The number of aliphatic imine (C=N–C) groups is 1. The fourth-order valence-electron chi connectivity index (χ4n) is 3.94. The monoisotopic (exact) mass is 380 g/mol. The summed E-state index contributed by atoms with van der Waals surface area (Å²) in [4.78, 5) is 8.38. The highest BCUT2D eigenvalue weighted by Gasteiger charge is 2.34. The van der Waals surface area contributed by atoms with Crippen molar-refractivity contribution in [3.63, 3.8) is 0 Å². The number of likely N-dealkylation sites (tertiary alicyclic amines) is 1. The molecule has 2 saturated heterocycles. The van der Waals surface area contributed by atoms with E-state index in [9.17, 15) is 5.11 Å². The predicted octanol–water partition coefficient (Wildman–Crippen LogP) is 1.84. The first-order chi connectivity index (χ1) is 12.8. The summed E-state index contributed by atoms with van der Waals surface area (Å²) in [5, 5.41) is 18.5. The molecule has 3 rings (SSSR count). The molecule has 2 aliphatic rings. The minimum absolute atomic E-state index is 0.0223. The van der Waals surface area contributed by atoms with E-state index < -0.39 is 0 Å². The predicted molar refractivity (Wildman–Crippen MR) is 107 cm³/mol. The van der Waals surface area contributed by atoms with E-state index in [1.54, 1.807) is 0 Å². The second kappa shape index (κ2) is 9.69. The number of hydrogen-bond donors (Lipinski definition) is 3. The Hall–Kier alpha value is -1.15. The van der Waals surface area contributed by atoms with Gasteiger partial charge in [-0.15, -0.1) is 11.3 Å². The van der Waals surface area contributed by atoms with Crippen molar-refractivity contribution in [3.8, 4) is 0 Å². The Balaban J connectivity index is 1.55. The van der Waals surface area contributed by atoms with Crippen molar-refractivity contribution >= 4 is 17.3 Å². The summed E-state index contributed by atoms with van der Waals surface area (Å²) in [5.74, 6) is 0.829. The number of rotatable bonds is 8. The number of hydrogen-bond acceptors (Lipinski definition) is 5. The zero-order valence-electron chi connectivity index (χ0n) is 15.7. The molecule has 2 fully saturated rings. The third kappa shape index (κ3) is 4.97. The first kappa shape index (κ1) is 19.6. The number of thiophene rings is 1. The topological polar surface area (TPSA) is 69.1 Å². The highest BCUT2D eigenvalue weighted by atomic mass is 32.1. The lowest BCUT2D eigenvalue weighted by Crippen LogP contribution is -2.46. The normalized spacial score (nSPS) is 25.5. The molecule has 2 unspecified atom stereocenters. The van der Waals surface area contributed by atoms with E-state index in [0.29, 0.717) is 12.6 Å². The van der Waals surface area contributed by atoms with Gasteiger partial charge in [0.15, 0.2) is 5.96 Å². The van der Waals surface area contributed by atoms with Gasteiger partial charge in [-0.3, -0.25) is 9.89 Å². The fourth-order valence-corrected chi connectivity index (χ4v) is 4.80. The van der Waals surface area contributed by atoms with Crippen molar-refractivity contribution < 1.29 is 9.84 Å². The molecule has 6 nitrogen and oxygen atoms in total. The van der Waals surface area contributed by atoms with Gasteiger partial charge in [0.25, 0.3) is 0 Å². The van der Waals surface area contributed by atoms with Crippen LogP contribution >= 0.6 is 11.3 Å². The van der Waals surface area contributed by atoms with Crippen LogP contribution in [0.5, 0.6) is 0 Å². The maximum atomic E-state index is 9.38. The Labute approximate surface area is 160 Å². The molecule has 2 aliphatic heterocycles. The van der Waals surface area contributed by atoms with Gasteiger partial charge in [0.05, 0.1) is 12.6 Å². The largest absolute Gasteiger partial charge is 0.396 e. The lowest BCUT2D eigenvalue weighted by Gasteiger charge is -2.30. The SMILES string of the molecule is CN=C(NCC(c1cccs1)N1CCCC1)NCC1(CCO)CCOC1. The molecule has 1 aromatic heterocycles. The third-order valence-corrected chi connectivity index (χ3v) is 6.57. The van der Waals surface area contributed by atoms with Crippen LogP contribution in [0.3, 0.4) is 0 Å². The van der Waals surface area contributed by atoms with Crippen molar-refractivity contribution in [1.82, 2.24) is 15.5 Å². The standard InChI is InChI=1S/C19H32N4O2S/c1-20-18(22-14-19(6-10-24)7-11-25-15-19)21-13-16(17-5-4-12-26-17)23-8-2-3-9-23/h4-5,12,16,24H,2-3,6-11,13-15H2,1H3,(H2,20,21,22). The van der Waals surface area contributed by atoms with Crippen molar-refractivity contribution in [2.24, 2.45) is 10.4 Å². The van der Waals surface area contributed by atoms with Crippen LogP contribution in [0, 0.1) is 5.41 Å². The van der Waals surface area contributed by atoms with Crippen LogP contribution in [0.25, 0.3) is 0 Å². The van der Waals surface area contributed by atoms with Gasteiger partial charge in [-0.1, -0.05) is 6.07 Å². The molecule has 0 spiro atoms. The minimum Gasteiger partial charge on any atom is -0.396 e. The van der Waals surface area contributed by atoms with Gasteiger partial charge < -0.3 is 20.5 Å². The second-order valence-corrected chi connectivity index (χ2v) is 8.34. The quantitative estimate of drug-likeness (QED) is 0.474. The van der Waals surface area contributed by atoms with Gasteiger partial charge in [-0.2, -0.15) is 0 Å². The molecule has 1 aromatic rings. The summed E-state index contributed by atoms with van der Waals surface area (Å²) >= 11 is 1.83. The van der Waals surface area contributed by atoms with E-state index in [0.717, 1.165) is 38.5 Å². The lowest BCUT2D eigenvalue weighted by molar-refractivity contribution is 0.127. The van der Waals surface area contributed by atoms with E-state index in [4.69, 9.17) is 4.74 Å². The third-order valence-electron chi connectivity index (χ3n) is 5.60. The first-order valence-electron chi connectivity index (χ1n) is 9.67. The van der Waals surface area contributed by atoms with Crippen molar-refractivity contribution in [2.45, 2.75) is 31.7 Å². The fraction of sp³-hybridized carbons (Fsp3) is 0.737. The molecule has 0 amide bonds. The lowest BCUT2D eigenvalue weighted by atomic mass is 9.84. The first-order valence-corrected chi connectivity index (χ1v) is 10.5. The van der Waals surface area contributed by atoms with E-state index >= 15 is 0 Å². The van der Waals surface area contributed by atoms with Crippen LogP contribution < -0.4 is 10.6 Å². The molecule has 0 saturated carbocycles. The van der Waals surface area contributed by atoms with E-state index in [1.807, 2.05) is 18.4 Å². The molecule has 3 N–H and O–H groups in total.